The number of anilines is 1. The highest BCUT2D eigenvalue weighted by molar-refractivity contribution is 8.00. The molecule has 0 aromatic heterocycles. The van der Waals surface area contributed by atoms with E-state index >= 15 is 0 Å². The monoisotopic (exact) mass is 355 g/mol. The van der Waals surface area contributed by atoms with E-state index in [0.29, 0.717) is 19.0 Å². The van der Waals surface area contributed by atoms with Gasteiger partial charge in [0.05, 0.1) is 19.0 Å². The SMILES string of the molecule is O=C(CSc1ccc2c(c1)OCCCO2)Nc1ccc2c(c1)CCC2. The highest BCUT2D eigenvalue weighted by Crippen LogP contribution is 2.34. The van der Waals surface area contributed by atoms with E-state index in [4.69, 9.17) is 9.47 Å². The molecule has 0 saturated heterocycles. The number of hydrogen-bond donors (Lipinski definition) is 1. The summed E-state index contributed by atoms with van der Waals surface area (Å²) >= 11 is 1.51. The van der Waals surface area contributed by atoms with E-state index in [1.165, 1.54) is 29.3 Å². The molecule has 25 heavy (non-hydrogen) atoms. The minimum absolute atomic E-state index is 0.00931. The number of fused-ring (bicyclic) bond motifs is 2. The van der Waals surface area contributed by atoms with Gasteiger partial charge in [0.25, 0.3) is 0 Å². The molecule has 1 amide bonds. The highest BCUT2D eigenvalue weighted by atomic mass is 32.2. The Morgan fingerprint density at radius 2 is 1.80 bits per heavy atom. The lowest BCUT2D eigenvalue weighted by Crippen LogP contribution is -2.14. The van der Waals surface area contributed by atoms with Crippen molar-refractivity contribution < 1.29 is 14.3 Å². The van der Waals surface area contributed by atoms with E-state index in [1.807, 2.05) is 24.3 Å². The molecule has 0 spiro atoms. The van der Waals surface area contributed by atoms with Gasteiger partial charge in [-0.15, -0.1) is 11.8 Å². The molecule has 1 N–H and O–H groups in total. The minimum atomic E-state index is 0.00931. The van der Waals surface area contributed by atoms with Gasteiger partial charge in [-0.1, -0.05) is 6.07 Å². The lowest BCUT2D eigenvalue weighted by Gasteiger charge is -2.10. The summed E-state index contributed by atoms with van der Waals surface area (Å²) < 4.78 is 11.3. The van der Waals surface area contributed by atoms with E-state index in [0.717, 1.165) is 41.3 Å². The third-order valence-electron chi connectivity index (χ3n) is 4.47. The fourth-order valence-electron chi connectivity index (χ4n) is 3.23. The van der Waals surface area contributed by atoms with Crippen molar-refractivity contribution in [1.29, 1.82) is 0 Å². The normalized spacial score (nSPS) is 15.4. The second kappa shape index (κ2) is 7.40. The molecular formula is C20H21NO3S. The number of hydrogen-bond acceptors (Lipinski definition) is 4. The Balaban J connectivity index is 1.35. The summed E-state index contributed by atoms with van der Waals surface area (Å²) in [6, 6.07) is 12.1. The fourth-order valence-corrected chi connectivity index (χ4v) is 3.95. The van der Waals surface area contributed by atoms with Gasteiger partial charge in [-0.2, -0.15) is 0 Å². The van der Waals surface area contributed by atoms with Crippen molar-refractivity contribution in [3.05, 3.63) is 47.5 Å². The third kappa shape index (κ3) is 3.93. The molecule has 0 bridgehead atoms. The molecule has 1 heterocycles. The molecule has 2 aliphatic rings. The summed E-state index contributed by atoms with van der Waals surface area (Å²) in [7, 11) is 0. The van der Waals surface area contributed by atoms with Crippen molar-refractivity contribution >= 4 is 23.4 Å². The lowest BCUT2D eigenvalue weighted by molar-refractivity contribution is -0.113. The van der Waals surface area contributed by atoms with Crippen LogP contribution in [0.25, 0.3) is 0 Å². The van der Waals surface area contributed by atoms with Crippen LogP contribution in [0.1, 0.15) is 24.0 Å². The van der Waals surface area contributed by atoms with Crippen LogP contribution in [0.2, 0.25) is 0 Å². The van der Waals surface area contributed by atoms with Crippen LogP contribution in [0.4, 0.5) is 5.69 Å². The van der Waals surface area contributed by atoms with E-state index in [2.05, 4.69) is 17.4 Å². The lowest BCUT2D eigenvalue weighted by atomic mass is 10.1. The Hall–Kier alpha value is -2.14. The molecular weight excluding hydrogens is 334 g/mol. The summed E-state index contributed by atoms with van der Waals surface area (Å²) in [5.41, 5.74) is 3.68. The predicted molar refractivity (Wildman–Crippen MR) is 99.9 cm³/mol. The topological polar surface area (TPSA) is 47.6 Å². The number of benzene rings is 2. The first kappa shape index (κ1) is 16.3. The maximum atomic E-state index is 12.2. The van der Waals surface area contributed by atoms with Crippen molar-refractivity contribution in [2.75, 3.05) is 24.3 Å². The molecule has 0 radical (unpaired) electrons. The number of nitrogens with one attached hydrogen (secondary N) is 1. The molecule has 130 valence electrons. The molecule has 2 aromatic carbocycles. The van der Waals surface area contributed by atoms with Crippen LogP contribution in [0.15, 0.2) is 41.3 Å². The second-order valence-electron chi connectivity index (χ2n) is 6.33. The molecule has 5 heteroatoms. The average molecular weight is 355 g/mol. The summed E-state index contributed by atoms with van der Waals surface area (Å²) in [6.07, 6.45) is 4.38. The molecule has 1 aliphatic carbocycles. The Morgan fingerprint density at radius 1 is 0.960 bits per heavy atom. The third-order valence-corrected chi connectivity index (χ3v) is 5.46. The average Bonchev–Trinajstić information content (AvgIpc) is 2.96. The van der Waals surface area contributed by atoms with Crippen LogP contribution in [-0.4, -0.2) is 24.9 Å². The maximum absolute atomic E-state index is 12.2. The van der Waals surface area contributed by atoms with Crippen LogP contribution >= 0.6 is 11.8 Å². The zero-order valence-corrected chi connectivity index (χ0v) is 14.9. The van der Waals surface area contributed by atoms with Crippen molar-refractivity contribution in [1.82, 2.24) is 0 Å². The number of carbonyl (C=O) groups is 1. The molecule has 4 rings (SSSR count). The number of amides is 1. The largest absolute Gasteiger partial charge is 0.490 e. The van der Waals surface area contributed by atoms with Gasteiger partial charge in [-0.25, -0.2) is 0 Å². The number of ether oxygens (including phenoxy) is 2. The van der Waals surface area contributed by atoms with Crippen molar-refractivity contribution in [2.45, 2.75) is 30.6 Å². The van der Waals surface area contributed by atoms with Gasteiger partial charge in [0, 0.05) is 17.0 Å². The first-order valence-corrected chi connectivity index (χ1v) is 9.70. The van der Waals surface area contributed by atoms with Gasteiger partial charge in [0.15, 0.2) is 11.5 Å². The van der Waals surface area contributed by atoms with E-state index < -0.39 is 0 Å². The van der Waals surface area contributed by atoms with Crippen molar-refractivity contribution in [3.63, 3.8) is 0 Å². The van der Waals surface area contributed by atoms with Crippen molar-refractivity contribution in [2.24, 2.45) is 0 Å². The number of rotatable bonds is 4. The Bertz CT molecular complexity index is 791. The van der Waals surface area contributed by atoms with Gasteiger partial charge in [-0.3, -0.25) is 4.79 Å². The van der Waals surface area contributed by atoms with E-state index in [1.54, 1.807) is 0 Å². The Labute approximate surface area is 151 Å². The smallest absolute Gasteiger partial charge is 0.234 e. The van der Waals surface area contributed by atoms with Gasteiger partial charge < -0.3 is 14.8 Å². The second-order valence-corrected chi connectivity index (χ2v) is 7.38. The fraction of sp³-hybridized carbons (Fsp3) is 0.350. The number of thioether (sulfide) groups is 1. The number of carbonyl (C=O) groups excluding carboxylic acids is 1. The standard InChI is InChI=1S/C20H21NO3S/c22-20(21-16-6-5-14-3-1-4-15(14)11-16)13-25-17-7-8-18-19(12-17)24-10-2-9-23-18/h5-8,11-12H,1-4,9-10,13H2,(H,21,22). The van der Waals surface area contributed by atoms with Crippen LogP contribution in [0, 0.1) is 0 Å². The summed E-state index contributed by atoms with van der Waals surface area (Å²) in [5.74, 6) is 1.93. The summed E-state index contributed by atoms with van der Waals surface area (Å²) in [5, 5.41) is 3.00. The van der Waals surface area contributed by atoms with Crippen molar-refractivity contribution in [3.8, 4) is 11.5 Å². The molecule has 2 aromatic rings. The molecule has 4 nitrogen and oxygen atoms in total. The van der Waals surface area contributed by atoms with Crippen LogP contribution in [-0.2, 0) is 17.6 Å². The van der Waals surface area contributed by atoms with Gasteiger partial charge in [-0.05, 0) is 60.7 Å². The number of aryl methyl sites for hydroxylation is 2. The highest BCUT2D eigenvalue weighted by Gasteiger charge is 2.13. The minimum Gasteiger partial charge on any atom is -0.490 e. The van der Waals surface area contributed by atoms with Gasteiger partial charge >= 0.3 is 0 Å². The molecule has 1 aliphatic heterocycles. The first-order valence-electron chi connectivity index (χ1n) is 8.72. The summed E-state index contributed by atoms with van der Waals surface area (Å²) in [6.45, 7) is 1.35. The maximum Gasteiger partial charge on any atom is 0.234 e. The zero-order chi connectivity index (χ0) is 17.1. The van der Waals surface area contributed by atoms with Gasteiger partial charge in [0.1, 0.15) is 0 Å². The quantitative estimate of drug-likeness (QED) is 0.840. The molecule has 0 atom stereocenters. The molecule has 0 fully saturated rings. The van der Waals surface area contributed by atoms with E-state index in [-0.39, 0.29) is 5.91 Å². The van der Waals surface area contributed by atoms with Crippen LogP contribution in [0.3, 0.4) is 0 Å². The molecule has 0 unspecified atom stereocenters. The Morgan fingerprint density at radius 3 is 2.72 bits per heavy atom. The van der Waals surface area contributed by atoms with Crippen LogP contribution < -0.4 is 14.8 Å². The zero-order valence-electron chi connectivity index (χ0n) is 14.0. The first-order chi connectivity index (χ1) is 12.3. The Kier molecular flexibility index (Phi) is 4.83. The van der Waals surface area contributed by atoms with Crippen LogP contribution in [0.5, 0.6) is 11.5 Å². The summed E-state index contributed by atoms with van der Waals surface area (Å²) in [4.78, 5) is 13.2. The predicted octanol–water partition coefficient (Wildman–Crippen LogP) is 4.07. The molecule has 0 saturated carbocycles. The van der Waals surface area contributed by atoms with E-state index in [9.17, 15) is 4.79 Å². The van der Waals surface area contributed by atoms with Gasteiger partial charge in [0.2, 0.25) is 5.91 Å².